The summed E-state index contributed by atoms with van der Waals surface area (Å²) < 4.78 is 0. The molecule has 0 aliphatic rings. The molecule has 1 heteroatoms. The van der Waals surface area contributed by atoms with Gasteiger partial charge in [-0.3, -0.25) is 0 Å². The fourth-order valence-corrected chi connectivity index (χ4v) is 6.92. The molecule has 0 N–H and O–H groups in total. The maximum Gasteiger partial charge on any atom is 0.0540 e. The lowest BCUT2D eigenvalue weighted by Crippen LogP contribution is -2.10. The van der Waals surface area contributed by atoms with E-state index in [0.29, 0.717) is 0 Å². The summed E-state index contributed by atoms with van der Waals surface area (Å²) >= 11 is 0. The van der Waals surface area contributed by atoms with Gasteiger partial charge in [0.1, 0.15) is 0 Å². The zero-order valence-corrected chi connectivity index (χ0v) is 23.5. The second-order valence-corrected chi connectivity index (χ2v) is 11.4. The van der Waals surface area contributed by atoms with E-state index in [4.69, 9.17) is 0 Å². The van der Waals surface area contributed by atoms with E-state index in [-0.39, 0.29) is 0 Å². The molecular formula is C42H27N. The highest BCUT2D eigenvalue weighted by Crippen LogP contribution is 2.43. The average Bonchev–Trinajstić information content (AvgIpc) is 3.08. The molecule has 43 heavy (non-hydrogen) atoms. The second kappa shape index (κ2) is 9.44. The van der Waals surface area contributed by atoms with E-state index < -0.39 is 0 Å². The van der Waals surface area contributed by atoms with Gasteiger partial charge in [0, 0.05) is 16.8 Å². The molecule has 9 aromatic carbocycles. The van der Waals surface area contributed by atoms with Gasteiger partial charge in [0.25, 0.3) is 0 Å². The van der Waals surface area contributed by atoms with Crippen LogP contribution in [0.5, 0.6) is 0 Å². The van der Waals surface area contributed by atoms with Gasteiger partial charge in [-0.1, -0.05) is 133 Å². The third kappa shape index (κ3) is 3.79. The Kier molecular flexibility index (Phi) is 5.27. The second-order valence-electron chi connectivity index (χ2n) is 11.4. The Morgan fingerprint density at radius 2 is 0.698 bits per heavy atom. The number of benzene rings is 9. The van der Waals surface area contributed by atoms with Crippen LogP contribution in [0.1, 0.15) is 0 Å². The summed E-state index contributed by atoms with van der Waals surface area (Å²) in [6.07, 6.45) is 0. The van der Waals surface area contributed by atoms with E-state index >= 15 is 0 Å². The average molecular weight is 546 g/mol. The minimum Gasteiger partial charge on any atom is -0.310 e. The SMILES string of the molecule is c1ccc2cc(N(c3ccc4c(ccc5ccccc54)c3)c3cccc4c3ccc3c5ccccc5ccc43)ccc2c1. The van der Waals surface area contributed by atoms with Gasteiger partial charge >= 0.3 is 0 Å². The maximum atomic E-state index is 2.43. The molecule has 9 rings (SSSR count). The first-order valence-electron chi connectivity index (χ1n) is 14.9. The topological polar surface area (TPSA) is 3.24 Å². The first kappa shape index (κ1) is 24.0. The number of rotatable bonds is 3. The van der Waals surface area contributed by atoms with Crippen molar-refractivity contribution in [2.24, 2.45) is 0 Å². The lowest BCUT2D eigenvalue weighted by atomic mass is 9.95. The zero-order chi connectivity index (χ0) is 28.3. The predicted octanol–water partition coefficient (Wildman–Crippen LogP) is 12.1. The quantitative estimate of drug-likeness (QED) is 0.200. The fourth-order valence-electron chi connectivity index (χ4n) is 6.92. The monoisotopic (exact) mass is 545 g/mol. The summed E-state index contributed by atoms with van der Waals surface area (Å²) in [6, 6.07) is 60.0. The molecule has 0 atom stereocenters. The molecule has 0 bridgehead atoms. The fraction of sp³-hybridized carbons (Fsp3) is 0. The number of fused-ring (bicyclic) bond motifs is 9. The number of anilines is 3. The van der Waals surface area contributed by atoms with Crippen LogP contribution < -0.4 is 4.90 Å². The van der Waals surface area contributed by atoms with Gasteiger partial charge in [0.05, 0.1) is 5.69 Å². The van der Waals surface area contributed by atoms with Crippen molar-refractivity contribution in [3.8, 4) is 0 Å². The molecule has 0 aromatic heterocycles. The van der Waals surface area contributed by atoms with Crippen molar-refractivity contribution in [2.45, 2.75) is 0 Å². The molecule has 0 fully saturated rings. The standard InChI is InChI=1S/C42H27N/c1-2-11-31-26-33(20-18-28(31)8-1)43(34-21-23-37-32(27-34)17-16-29-9-3-5-12-35(29)37)42-15-7-14-38-40-22-19-30-10-4-6-13-36(30)39(40)24-25-41(38)42/h1-27H. The third-order valence-corrected chi connectivity index (χ3v) is 8.98. The van der Waals surface area contributed by atoms with Crippen LogP contribution >= 0.6 is 0 Å². The Morgan fingerprint density at radius 1 is 0.256 bits per heavy atom. The highest BCUT2D eigenvalue weighted by molar-refractivity contribution is 6.20. The van der Waals surface area contributed by atoms with Crippen molar-refractivity contribution in [1.82, 2.24) is 0 Å². The van der Waals surface area contributed by atoms with Crippen LogP contribution in [0.3, 0.4) is 0 Å². The first-order valence-corrected chi connectivity index (χ1v) is 14.9. The van der Waals surface area contributed by atoms with Crippen LogP contribution in [0.4, 0.5) is 17.1 Å². The molecule has 0 amide bonds. The zero-order valence-electron chi connectivity index (χ0n) is 23.5. The Labute approximate surface area is 249 Å². The van der Waals surface area contributed by atoms with Crippen molar-refractivity contribution >= 4 is 81.7 Å². The normalized spacial score (nSPS) is 11.7. The van der Waals surface area contributed by atoms with Crippen LogP contribution in [0.15, 0.2) is 164 Å². The van der Waals surface area contributed by atoms with Gasteiger partial charge in [-0.05, 0) is 89.6 Å². The molecule has 0 heterocycles. The van der Waals surface area contributed by atoms with Crippen molar-refractivity contribution in [3.05, 3.63) is 164 Å². The molecule has 0 radical (unpaired) electrons. The van der Waals surface area contributed by atoms with Gasteiger partial charge < -0.3 is 4.90 Å². The minimum atomic E-state index is 1.14. The summed E-state index contributed by atoms with van der Waals surface area (Å²) in [6.45, 7) is 0. The van der Waals surface area contributed by atoms with Crippen LogP contribution in [0.25, 0.3) is 64.6 Å². The maximum absolute atomic E-state index is 2.43. The summed E-state index contributed by atoms with van der Waals surface area (Å²) in [5.41, 5.74) is 3.46. The van der Waals surface area contributed by atoms with Crippen molar-refractivity contribution in [2.75, 3.05) is 4.90 Å². The molecule has 0 unspecified atom stereocenters. The van der Waals surface area contributed by atoms with E-state index in [9.17, 15) is 0 Å². The van der Waals surface area contributed by atoms with E-state index in [1.807, 2.05) is 0 Å². The molecule has 1 nitrogen and oxygen atoms in total. The van der Waals surface area contributed by atoms with Crippen LogP contribution in [-0.2, 0) is 0 Å². The summed E-state index contributed by atoms with van der Waals surface area (Å²) in [5, 5.41) is 15.2. The molecule has 0 aliphatic heterocycles. The van der Waals surface area contributed by atoms with Crippen molar-refractivity contribution in [1.29, 1.82) is 0 Å². The van der Waals surface area contributed by atoms with Crippen molar-refractivity contribution in [3.63, 3.8) is 0 Å². The largest absolute Gasteiger partial charge is 0.310 e. The Balaban J connectivity index is 1.32. The van der Waals surface area contributed by atoms with Crippen LogP contribution in [-0.4, -0.2) is 0 Å². The van der Waals surface area contributed by atoms with Gasteiger partial charge in [-0.25, -0.2) is 0 Å². The van der Waals surface area contributed by atoms with Gasteiger partial charge in [-0.2, -0.15) is 0 Å². The van der Waals surface area contributed by atoms with Crippen LogP contribution in [0.2, 0.25) is 0 Å². The number of hydrogen-bond acceptors (Lipinski definition) is 1. The molecule has 0 aliphatic carbocycles. The Morgan fingerprint density at radius 3 is 1.51 bits per heavy atom. The van der Waals surface area contributed by atoms with Crippen molar-refractivity contribution < 1.29 is 0 Å². The lowest BCUT2D eigenvalue weighted by molar-refractivity contribution is 1.31. The summed E-state index contributed by atoms with van der Waals surface area (Å²) in [7, 11) is 0. The van der Waals surface area contributed by atoms with Gasteiger partial charge in [-0.15, -0.1) is 0 Å². The molecule has 200 valence electrons. The molecular weight excluding hydrogens is 518 g/mol. The Bertz CT molecular complexity index is 2520. The van der Waals surface area contributed by atoms with E-state index in [1.165, 1.54) is 70.3 Å². The highest BCUT2D eigenvalue weighted by atomic mass is 15.1. The van der Waals surface area contributed by atoms with E-state index in [0.717, 1.165) is 11.4 Å². The van der Waals surface area contributed by atoms with Gasteiger partial charge in [0.15, 0.2) is 0 Å². The van der Waals surface area contributed by atoms with Crippen LogP contribution in [0, 0.1) is 0 Å². The Hall–Kier alpha value is -5.66. The highest BCUT2D eigenvalue weighted by Gasteiger charge is 2.18. The van der Waals surface area contributed by atoms with E-state index in [2.05, 4.69) is 169 Å². The molecule has 9 aromatic rings. The predicted molar refractivity (Wildman–Crippen MR) is 186 cm³/mol. The minimum absolute atomic E-state index is 1.14. The molecule has 0 spiro atoms. The number of nitrogens with zero attached hydrogens (tertiary/aromatic N) is 1. The first-order chi connectivity index (χ1) is 21.3. The van der Waals surface area contributed by atoms with E-state index in [1.54, 1.807) is 0 Å². The van der Waals surface area contributed by atoms with Gasteiger partial charge in [0.2, 0.25) is 0 Å². The molecule has 0 saturated heterocycles. The third-order valence-electron chi connectivity index (χ3n) is 8.98. The summed E-state index contributed by atoms with van der Waals surface area (Å²) in [5.74, 6) is 0. The summed E-state index contributed by atoms with van der Waals surface area (Å²) in [4.78, 5) is 2.43. The molecule has 0 saturated carbocycles. The smallest absolute Gasteiger partial charge is 0.0540 e. The lowest BCUT2D eigenvalue weighted by Gasteiger charge is -2.28. The number of hydrogen-bond donors (Lipinski definition) is 0.